The number of hydrogen-bond donors (Lipinski definition) is 5. The van der Waals surface area contributed by atoms with Gasteiger partial charge in [0.2, 0.25) is 0 Å². The van der Waals surface area contributed by atoms with Gasteiger partial charge in [-0.3, -0.25) is 4.79 Å². The highest BCUT2D eigenvalue weighted by molar-refractivity contribution is 5.82. The van der Waals surface area contributed by atoms with E-state index in [9.17, 15) is 30.0 Å². The molecule has 0 aromatic carbocycles. The molecule has 5 rings (SSSR count). The van der Waals surface area contributed by atoms with Crippen molar-refractivity contribution in [2.24, 2.45) is 17.8 Å². The van der Waals surface area contributed by atoms with Gasteiger partial charge < -0.3 is 44.5 Å². The second-order valence-corrected chi connectivity index (χ2v) is 16.1. The van der Waals surface area contributed by atoms with Crippen LogP contribution in [0, 0.1) is 17.8 Å². The monoisotopic (exact) mass is 794 g/mol. The third-order valence-electron chi connectivity index (χ3n) is 11.3. The van der Waals surface area contributed by atoms with Gasteiger partial charge in [-0.05, 0) is 63.0 Å². The first-order valence-corrected chi connectivity index (χ1v) is 20.8. The van der Waals surface area contributed by atoms with Gasteiger partial charge in [0.15, 0.2) is 6.10 Å². The van der Waals surface area contributed by atoms with Crippen molar-refractivity contribution in [2.75, 3.05) is 0 Å². The molecule has 2 fully saturated rings. The van der Waals surface area contributed by atoms with Gasteiger partial charge in [-0.25, -0.2) is 4.79 Å². The molecule has 0 aromatic heterocycles. The molecular weight excluding hydrogens is 728 g/mol. The lowest BCUT2D eigenvalue weighted by Crippen LogP contribution is -2.50. The van der Waals surface area contributed by atoms with Crippen LogP contribution in [0.1, 0.15) is 91.9 Å². The van der Waals surface area contributed by atoms with Crippen molar-refractivity contribution in [3.8, 4) is 0 Å². The SMILES string of the molecule is C/C(=C\[C@H](C)CCCCC(=O)O)[C@@H]1O[C@@H]2C=C[C@H]1OC(=O)\C=C/C=C\C=C\[C@H]1C[C@@H](O)[C@@H](C)[C@H](/C=C/C[C@H]3O[C@H](C[C@H](O)[C@H]3C)[C@@H](O)[C@@H](O)/C=C/CC/C=C/C2)O1. The lowest BCUT2D eigenvalue weighted by atomic mass is 9.85. The molecule has 0 aromatic rings. The maximum absolute atomic E-state index is 12.9. The molecular formula is C46H66O11. The summed E-state index contributed by atoms with van der Waals surface area (Å²) >= 11 is 0. The lowest BCUT2D eigenvalue weighted by Gasteiger charge is -2.40. The summed E-state index contributed by atoms with van der Waals surface area (Å²) in [5, 5.41) is 52.4. The molecule has 11 heteroatoms. The van der Waals surface area contributed by atoms with E-state index in [4.69, 9.17) is 24.1 Å². The molecule has 6 bridgehead atoms. The molecule has 11 nitrogen and oxygen atoms in total. The lowest BCUT2D eigenvalue weighted by molar-refractivity contribution is -0.175. The number of esters is 1. The Morgan fingerprint density at radius 3 is 2.32 bits per heavy atom. The fourth-order valence-corrected chi connectivity index (χ4v) is 7.69. The van der Waals surface area contributed by atoms with Gasteiger partial charge in [-0.15, -0.1) is 0 Å². The number of aliphatic carboxylic acids is 1. The predicted octanol–water partition coefficient (Wildman–Crippen LogP) is 6.39. The minimum absolute atomic E-state index is 0.139. The number of aliphatic hydroxyl groups is 4. The molecule has 316 valence electrons. The largest absolute Gasteiger partial charge is 0.481 e. The molecule has 0 aliphatic carbocycles. The van der Waals surface area contributed by atoms with Crippen molar-refractivity contribution in [1.82, 2.24) is 0 Å². The number of rotatable bonds is 7. The summed E-state index contributed by atoms with van der Waals surface area (Å²) in [6.45, 7) is 7.91. The summed E-state index contributed by atoms with van der Waals surface area (Å²) in [6, 6.07) is 0. The number of carboxylic acids is 1. The van der Waals surface area contributed by atoms with Crippen LogP contribution in [-0.4, -0.2) is 105 Å². The fraction of sp³-hybridized carbons (Fsp3) is 0.609. The van der Waals surface area contributed by atoms with Crippen molar-refractivity contribution in [3.63, 3.8) is 0 Å². The third-order valence-corrected chi connectivity index (χ3v) is 11.3. The first-order valence-electron chi connectivity index (χ1n) is 20.8. The van der Waals surface area contributed by atoms with Crippen molar-refractivity contribution in [1.29, 1.82) is 0 Å². The van der Waals surface area contributed by atoms with Crippen LogP contribution < -0.4 is 0 Å². The van der Waals surface area contributed by atoms with Gasteiger partial charge in [0, 0.05) is 37.2 Å². The second kappa shape index (κ2) is 23.9. The first kappa shape index (κ1) is 46.3. The molecule has 5 aliphatic rings. The highest BCUT2D eigenvalue weighted by Crippen LogP contribution is 2.32. The number of unbranched alkanes of at least 4 members (excludes halogenated alkanes) is 1. The molecule has 5 heterocycles. The van der Waals surface area contributed by atoms with Crippen molar-refractivity contribution < 1.29 is 54.1 Å². The topological polar surface area (TPSA) is 172 Å². The summed E-state index contributed by atoms with van der Waals surface area (Å²) in [7, 11) is 0. The van der Waals surface area contributed by atoms with Crippen LogP contribution in [0.2, 0.25) is 0 Å². The third kappa shape index (κ3) is 15.4. The number of carbonyl (C=O) groups is 2. The van der Waals surface area contributed by atoms with Crippen LogP contribution in [0.5, 0.6) is 0 Å². The first-order chi connectivity index (χ1) is 27.3. The van der Waals surface area contributed by atoms with Crippen LogP contribution in [-0.2, 0) is 28.5 Å². The smallest absolute Gasteiger partial charge is 0.331 e. The molecule has 2 saturated heterocycles. The molecule has 0 saturated carbocycles. The van der Waals surface area contributed by atoms with Crippen LogP contribution in [0.25, 0.3) is 0 Å². The van der Waals surface area contributed by atoms with Crippen LogP contribution >= 0.6 is 0 Å². The zero-order valence-corrected chi connectivity index (χ0v) is 34.0. The number of allylic oxidation sites excluding steroid dienone is 7. The van der Waals surface area contributed by atoms with Crippen LogP contribution in [0.4, 0.5) is 0 Å². The van der Waals surface area contributed by atoms with E-state index in [2.05, 4.69) is 13.0 Å². The van der Waals surface area contributed by atoms with E-state index in [1.807, 2.05) is 75.5 Å². The molecule has 0 amide bonds. The Balaban J connectivity index is 1.50. The predicted molar refractivity (Wildman–Crippen MR) is 219 cm³/mol. The quantitative estimate of drug-likeness (QED) is 0.110. The minimum atomic E-state index is -1.21. The molecule has 57 heavy (non-hydrogen) atoms. The molecule has 0 radical (unpaired) electrons. The number of fused-ring (bicyclic) bond motifs is 12. The Kier molecular flexibility index (Phi) is 19.4. The number of aliphatic hydroxyl groups excluding tert-OH is 4. The van der Waals surface area contributed by atoms with Gasteiger partial charge in [0.25, 0.3) is 0 Å². The van der Waals surface area contributed by atoms with Gasteiger partial charge in [0.1, 0.15) is 18.3 Å². The molecule has 14 atom stereocenters. The molecule has 0 spiro atoms. The number of carboxylic acid groups (broad SMARTS) is 1. The van der Waals surface area contributed by atoms with E-state index in [0.717, 1.165) is 18.4 Å². The number of hydrogen-bond acceptors (Lipinski definition) is 10. The summed E-state index contributed by atoms with van der Waals surface area (Å²) in [6.07, 6.45) is 26.1. The maximum Gasteiger partial charge on any atom is 0.331 e. The highest BCUT2D eigenvalue weighted by Gasteiger charge is 2.39. The standard InChI is InChI=1S/C46H66O11/c1-30(17-14-15-23-43(50)51)27-31(2)46-41-26-25-34(55-46)18-10-6-5-7-12-20-36(47)45(53)42-29-38(49)33(4)40(56-42)22-16-21-39-32(3)37(48)28-35(54-39)19-11-8-9-13-24-44(52)57-41/h6,8-13,16,19-21,24-27,30,32-42,45-49,53H,5,7,14-15,17-18,22-23,28-29H2,1-4H3,(H,50,51)/b9-8-,10-6+,19-11+,20-12+,21-16+,24-13-,31-27+/t30-,32-,33-,34+,35+,36+,37-,38+,39+,40-,41-,42-,45+,46+/m1/s1. The Morgan fingerprint density at radius 2 is 1.53 bits per heavy atom. The average Bonchev–Trinajstić information content (AvgIpc) is 3.17. The normalized spacial score (nSPS) is 40.2. The minimum Gasteiger partial charge on any atom is -0.481 e. The maximum atomic E-state index is 12.9. The van der Waals surface area contributed by atoms with Crippen molar-refractivity contribution in [3.05, 3.63) is 96.7 Å². The van der Waals surface area contributed by atoms with Gasteiger partial charge in [-0.1, -0.05) is 106 Å². The van der Waals surface area contributed by atoms with Crippen molar-refractivity contribution >= 4 is 11.9 Å². The zero-order valence-electron chi connectivity index (χ0n) is 34.0. The van der Waals surface area contributed by atoms with Crippen LogP contribution in [0.15, 0.2) is 96.7 Å². The zero-order chi connectivity index (χ0) is 41.3. The van der Waals surface area contributed by atoms with E-state index in [1.54, 1.807) is 24.3 Å². The average molecular weight is 795 g/mol. The number of ether oxygens (including phenoxy) is 4. The van der Waals surface area contributed by atoms with E-state index in [1.165, 1.54) is 6.08 Å². The van der Waals surface area contributed by atoms with E-state index >= 15 is 0 Å². The molecule has 0 unspecified atom stereocenters. The van der Waals surface area contributed by atoms with Crippen molar-refractivity contribution in [2.45, 2.75) is 159 Å². The van der Waals surface area contributed by atoms with E-state index < -0.39 is 54.7 Å². The van der Waals surface area contributed by atoms with E-state index in [0.29, 0.717) is 38.5 Å². The molecule has 5 aliphatic heterocycles. The summed E-state index contributed by atoms with van der Waals surface area (Å²) in [4.78, 5) is 23.9. The molecule has 5 N–H and O–H groups in total. The fourth-order valence-electron chi connectivity index (χ4n) is 7.69. The van der Waals surface area contributed by atoms with Crippen LogP contribution in [0.3, 0.4) is 0 Å². The Labute approximate surface area is 338 Å². The second-order valence-electron chi connectivity index (χ2n) is 16.1. The Hall–Kier alpha value is -3.42. The Morgan fingerprint density at radius 1 is 0.772 bits per heavy atom. The summed E-state index contributed by atoms with van der Waals surface area (Å²) in [5.41, 5.74) is 0.933. The Bertz CT molecular complexity index is 1510. The van der Waals surface area contributed by atoms with Gasteiger partial charge >= 0.3 is 11.9 Å². The van der Waals surface area contributed by atoms with E-state index in [-0.39, 0.29) is 55.0 Å². The van der Waals surface area contributed by atoms with Gasteiger partial charge in [-0.2, -0.15) is 0 Å². The summed E-state index contributed by atoms with van der Waals surface area (Å²) < 4.78 is 24.9. The summed E-state index contributed by atoms with van der Waals surface area (Å²) in [5.74, 6) is -1.44. The highest BCUT2D eigenvalue weighted by atomic mass is 16.6. The number of carbonyl (C=O) groups excluding carboxylic acids is 1. The van der Waals surface area contributed by atoms with Gasteiger partial charge in [0.05, 0.1) is 42.7 Å².